The molecule has 2 rings (SSSR count). The van der Waals surface area contributed by atoms with Crippen LogP contribution in [-0.2, 0) is 16.4 Å². The van der Waals surface area contributed by atoms with E-state index in [2.05, 4.69) is 29.1 Å². The second-order valence-corrected chi connectivity index (χ2v) is 7.69. The van der Waals surface area contributed by atoms with Crippen molar-refractivity contribution in [3.63, 3.8) is 0 Å². The third-order valence-corrected chi connectivity index (χ3v) is 5.68. The van der Waals surface area contributed by atoms with Gasteiger partial charge in [-0.1, -0.05) is 31.2 Å². The highest BCUT2D eigenvalue weighted by molar-refractivity contribution is 7.90. The normalized spacial score (nSPS) is 19.2. The van der Waals surface area contributed by atoms with Gasteiger partial charge in [0.1, 0.15) is 0 Å². The molecule has 0 heterocycles. The lowest BCUT2D eigenvalue weighted by atomic mass is 9.78. The Labute approximate surface area is 122 Å². The molecule has 0 saturated heterocycles. The van der Waals surface area contributed by atoms with E-state index >= 15 is 0 Å². The van der Waals surface area contributed by atoms with Crippen LogP contribution in [0.2, 0.25) is 0 Å². The summed E-state index contributed by atoms with van der Waals surface area (Å²) in [6.45, 7) is 5.69. The highest BCUT2D eigenvalue weighted by Gasteiger charge is 2.28. The van der Waals surface area contributed by atoms with Crippen LogP contribution < -0.4 is 10.0 Å². The zero-order valence-corrected chi connectivity index (χ0v) is 13.0. The molecule has 2 unspecified atom stereocenters. The van der Waals surface area contributed by atoms with Gasteiger partial charge in [-0.25, -0.2) is 13.1 Å². The van der Waals surface area contributed by atoms with Crippen molar-refractivity contribution < 1.29 is 8.42 Å². The molecule has 1 aliphatic rings. The van der Waals surface area contributed by atoms with Gasteiger partial charge >= 0.3 is 0 Å². The Bertz CT molecular complexity index is 543. The number of rotatable bonds is 8. The molecule has 0 saturated carbocycles. The van der Waals surface area contributed by atoms with Crippen LogP contribution in [0.5, 0.6) is 0 Å². The predicted octanol–water partition coefficient (Wildman–Crippen LogP) is 1.63. The van der Waals surface area contributed by atoms with Crippen molar-refractivity contribution in [2.24, 2.45) is 0 Å². The average molecular weight is 296 g/mol. The zero-order valence-electron chi connectivity index (χ0n) is 12.2. The first-order valence-corrected chi connectivity index (χ1v) is 8.86. The van der Waals surface area contributed by atoms with E-state index in [1.807, 2.05) is 12.1 Å². The van der Waals surface area contributed by atoms with Gasteiger partial charge in [0, 0.05) is 19.0 Å². The van der Waals surface area contributed by atoms with E-state index in [1.165, 1.54) is 11.1 Å². The van der Waals surface area contributed by atoms with Crippen molar-refractivity contribution in [2.75, 3.05) is 19.6 Å². The van der Waals surface area contributed by atoms with Crippen LogP contribution in [0.25, 0.3) is 0 Å². The van der Waals surface area contributed by atoms with Gasteiger partial charge in [0.25, 0.3) is 0 Å². The Kier molecular flexibility index (Phi) is 5.18. The van der Waals surface area contributed by atoms with Crippen LogP contribution in [-0.4, -0.2) is 33.3 Å². The molecular weight excluding hydrogens is 272 g/mol. The van der Waals surface area contributed by atoms with Crippen LogP contribution in [0.3, 0.4) is 0 Å². The summed E-state index contributed by atoms with van der Waals surface area (Å²) in [7, 11) is -3.23. The van der Waals surface area contributed by atoms with Gasteiger partial charge in [0.2, 0.25) is 10.0 Å². The highest BCUT2D eigenvalue weighted by atomic mass is 32.2. The molecule has 20 heavy (non-hydrogen) atoms. The van der Waals surface area contributed by atoms with Crippen molar-refractivity contribution >= 4 is 10.0 Å². The SMILES string of the molecule is CCCNCC(C)S(=O)(=O)NCC1Cc2ccccc21. The van der Waals surface area contributed by atoms with Gasteiger partial charge < -0.3 is 5.32 Å². The summed E-state index contributed by atoms with van der Waals surface area (Å²) < 4.78 is 27.0. The van der Waals surface area contributed by atoms with Gasteiger partial charge in [-0.05, 0) is 37.4 Å². The van der Waals surface area contributed by atoms with Crippen molar-refractivity contribution in [1.29, 1.82) is 0 Å². The standard InChI is InChI=1S/C15H24N2O2S/c1-3-8-16-10-12(2)20(18,19)17-11-14-9-13-6-4-5-7-15(13)14/h4-7,12,14,16-17H,3,8-11H2,1-2H3. The fraction of sp³-hybridized carbons (Fsp3) is 0.600. The molecule has 4 nitrogen and oxygen atoms in total. The Morgan fingerprint density at radius 3 is 2.80 bits per heavy atom. The third kappa shape index (κ3) is 3.59. The molecule has 1 aliphatic carbocycles. The number of fused-ring (bicyclic) bond motifs is 1. The van der Waals surface area contributed by atoms with Crippen LogP contribution in [0.4, 0.5) is 0 Å². The third-order valence-electron chi connectivity index (χ3n) is 3.88. The number of hydrogen-bond acceptors (Lipinski definition) is 3. The first kappa shape index (κ1) is 15.5. The maximum Gasteiger partial charge on any atom is 0.215 e. The topological polar surface area (TPSA) is 58.2 Å². The molecule has 1 aromatic carbocycles. The second kappa shape index (κ2) is 6.70. The van der Waals surface area contributed by atoms with Crippen molar-refractivity contribution in [3.8, 4) is 0 Å². The van der Waals surface area contributed by atoms with Gasteiger partial charge in [0.05, 0.1) is 5.25 Å². The fourth-order valence-corrected chi connectivity index (χ4v) is 3.55. The summed E-state index contributed by atoms with van der Waals surface area (Å²) in [6.07, 6.45) is 1.99. The number of hydrogen-bond donors (Lipinski definition) is 2. The molecule has 0 fully saturated rings. The number of sulfonamides is 1. The van der Waals surface area contributed by atoms with Gasteiger partial charge in [-0.15, -0.1) is 0 Å². The predicted molar refractivity (Wildman–Crippen MR) is 82.4 cm³/mol. The first-order valence-electron chi connectivity index (χ1n) is 7.31. The molecule has 2 atom stereocenters. The maximum absolute atomic E-state index is 12.1. The monoisotopic (exact) mass is 296 g/mol. The van der Waals surface area contributed by atoms with E-state index in [1.54, 1.807) is 6.92 Å². The Morgan fingerprint density at radius 2 is 2.10 bits per heavy atom. The van der Waals surface area contributed by atoms with E-state index in [0.29, 0.717) is 19.0 Å². The van der Waals surface area contributed by atoms with Gasteiger partial charge in [-0.3, -0.25) is 0 Å². The fourth-order valence-electron chi connectivity index (χ4n) is 2.50. The van der Waals surface area contributed by atoms with Crippen LogP contribution in [0.1, 0.15) is 37.3 Å². The van der Waals surface area contributed by atoms with Crippen molar-refractivity contribution in [1.82, 2.24) is 10.0 Å². The first-order chi connectivity index (χ1) is 9.54. The Hall–Kier alpha value is -0.910. The van der Waals surface area contributed by atoms with E-state index in [9.17, 15) is 8.42 Å². The zero-order chi connectivity index (χ0) is 14.6. The summed E-state index contributed by atoms with van der Waals surface area (Å²) >= 11 is 0. The number of nitrogens with one attached hydrogen (secondary N) is 2. The lowest BCUT2D eigenvalue weighted by molar-refractivity contribution is 0.536. The summed E-state index contributed by atoms with van der Waals surface area (Å²) in [4.78, 5) is 0. The average Bonchev–Trinajstić information content (AvgIpc) is 2.40. The molecule has 0 aromatic heterocycles. The highest BCUT2D eigenvalue weighted by Crippen LogP contribution is 2.34. The molecule has 0 amide bonds. The molecule has 1 aromatic rings. The van der Waals surface area contributed by atoms with Crippen molar-refractivity contribution in [3.05, 3.63) is 35.4 Å². The molecule has 5 heteroatoms. The maximum atomic E-state index is 12.1. The molecule has 112 valence electrons. The molecular formula is C15H24N2O2S. The van der Waals surface area contributed by atoms with Crippen LogP contribution in [0, 0.1) is 0 Å². The Balaban J connectivity index is 1.82. The lowest BCUT2D eigenvalue weighted by Gasteiger charge is -2.30. The van der Waals surface area contributed by atoms with E-state index in [0.717, 1.165) is 19.4 Å². The van der Waals surface area contributed by atoms with Gasteiger partial charge in [-0.2, -0.15) is 0 Å². The summed E-state index contributed by atoms with van der Waals surface area (Å²) in [5.41, 5.74) is 2.63. The molecule has 0 spiro atoms. The van der Waals surface area contributed by atoms with Crippen molar-refractivity contribution in [2.45, 2.75) is 37.9 Å². The quantitative estimate of drug-likeness (QED) is 0.717. The minimum absolute atomic E-state index is 0.330. The van der Waals surface area contributed by atoms with Crippen LogP contribution >= 0.6 is 0 Å². The molecule has 0 bridgehead atoms. The van der Waals surface area contributed by atoms with E-state index < -0.39 is 15.3 Å². The minimum atomic E-state index is -3.23. The van der Waals surface area contributed by atoms with E-state index in [-0.39, 0.29) is 0 Å². The molecule has 0 radical (unpaired) electrons. The summed E-state index contributed by atoms with van der Waals surface area (Å²) in [5.74, 6) is 0.330. The summed E-state index contributed by atoms with van der Waals surface area (Å²) in [6, 6.07) is 8.24. The molecule has 0 aliphatic heterocycles. The number of benzene rings is 1. The summed E-state index contributed by atoms with van der Waals surface area (Å²) in [5, 5.41) is 2.75. The molecule has 2 N–H and O–H groups in total. The van der Waals surface area contributed by atoms with Crippen LogP contribution in [0.15, 0.2) is 24.3 Å². The van der Waals surface area contributed by atoms with E-state index in [4.69, 9.17) is 0 Å². The smallest absolute Gasteiger partial charge is 0.215 e. The van der Waals surface area contributed by atoms with Gasteiger partial charge in [0.15, 0.2) is 0 Å². The lowest BCUT2D eigenvalue weighted by Crippen LogP contribution is -2.41. The second-order valence-electron chi connectivity index (χ2n) is 5.51. The Morgan fingerprint density at radius 1 is 1.35 bits per heavy atom. The minimum Gasteiger partial charge on any atom is -0.315 e. The largest absolute Gasteiger partial charge is 0.315 e.